The summed E-state index contributed by atoms with van der Waals surface area (Å²) in [5.41, 5.74) is 1.61. The van der Waals surface area contributed by atoms with Gasteiger partial charge in [0.2, 0.25) is 5.88 Å². The second-order valence-corrected chi connectivity index (χ2v) is 3.81. The van der Waals surface area contributed by atoms with Gasteiger partial charge in [0.1, 0.15) is 0 Å². The smallest absolute Gasteiger partial charge is 0.407 e. The first kappa shape index (κ1) is 11.7. The molecule has 1 N–H and O–H groups in total. The lowest BCUT2D eigenvalue weighted by Crippen LogP contribution is -2.35. The van der Waals surface area contributed by atoms with Gasteiger partial charge < -0.3 is 19.5 Å². The van der Waals surface area contributed by atoms with Gasteiger partial charge in [-0.25, -0.2) is 9.78 Å². The number of amides is 1. The van der Waals surface area contributed by atoms with E-state index < -0.39 is 6.09 Å². The van der Waals surface area contributed by atoms with Crippen LogP contribution in [0.2, 0.25) is 0 Å². The fraction of sp³-hybridized carbons (Fsp3) is 0.455. The number of aromatic nitrogens is 1. The lowest BCUT2D eigenvalue weighted by molar-refractivity contribution is 0.0400. The predicted molar refractivity (Wildman–Crippen MR) is 59.0 cm³/mol. The first-order chi connectivity index (χ1) is 8.13. The lowest BCUT2D eigenvalue weighted by Gasteiger charge is -2.30. The molecule has 2 heterocycles. The van der Waals surface area contributed by atoms with Gasteiger partial charge in [0.15, 0.2) is 0 Å². The summed E-state index contributed by atoms with van der Waals surface area (Å²) in [5, 5.41) is 8.99. The van der Waals surface area contributed by atoms with Gasteiger partial charge in [0.05, 0.1) is 32.1 Å². The van der Waals surface area contributed by atoms with Gasteiger partial charge >= 0.3 is 6.09 Å². The Morgan fingerprint density at radius 2 is 2.41 bits per heavy atom. The molecular weight excluding hydrogens is 224 g/mol. The minimum atomic E-state index is -0.984. The molecule has 2 rings (SSSR count). The van der Waals surface area contributed by atoms with Crippen molar-refractivity contribution in [3.63, 3.8) is 0 Å². The highest BCUT2D eigenvalue weighted by molar-refractivity contribution is 5.65. The second kappa shape index (κ2) is 4.58. The number of hydrogen-bond acceptors (Lipinski definition) is 4. The fourth-order valence-corrected chi connectivity index (χ4v) is 1.84. The molecule has 1 aromatic heterocycles. The summed E-state index contributed by atoms with van der Waals surface area (Å²) in [6, 6.07) is 3.26. The number of likely N-dealkylation sites (N-methyl/N-ethyl adjacent to an activating group) is 1. The molecule has 1 amide bonds. The highest BCUT2D eigenvalue weighted by Crippen LogP contribution is 2.29. The van der Waals surface area contributed by atoms with Crippen molar-refractivity contribution in [3.05, 3.63) is 23.4 Å². The Morgan fingerprint density at radius 3 is 3.06 bits per heavy atom. The molecule has 0 saturated carbocycles. The summed E-state index contributed by atoms with van der Waals surface area (Å²) in [6.07, 6.45) is -0.984. The lowest BCUT2D eigenvalue weighted by atomic mass is 10.0. The predicted octanol–water partition coefficient (Wildman–Crippen LogP) is 1.27. The quantitative estimate of drug-likeness (QED) is 0.840. The van der Waals surface area contributed by atoms with Crippen LogP contribution in [0.25, 0.3) is 0 Å². The summed E-state index contributed by atoms with van der Waals surface area (Å²) in [5.74, 6) is 0.506. The van der Waals surface area contributed by atoms with Crippen molar-refractivity contribution >= 4 is 6.09 Å². The summed E-state index contributed by atoms with van der Waals surface area (Å²) >= 11 is 0. The zero-order chi connectivity index (χ0) is 12.4. The van der Waals surface area contributed by atoms with Crippen LogP contribution in [0, 0.1) is 0 Å². The molecule has 1 atom stereocenters. The molecule has 0 saturated heterocycles. The number of carboxylic acid groups (broad SMARTS) is 1. The maximum absolute atomic E-state index is 11.0. The van der Waals surface area contributed by atoms with E-state index in [4.69, 9.17) is 14.6 Å². The van der Waals surface area contributed by atoms with Crippen molar-refractivity contribution in [2.45, 2.75) is 12.6 Å². The van der Waals surface area contributed by atoms with E-state index in [1.54, 1.807) is 13.2 Å². The fourth-order valence-electron chi connectivity index (χ4n) is 1.84. The first-order valence-corrected chi connectivity index (χ1v) is 5.20. The normalized spacial score (nSPS) is 18.4. The van der Waals surface area contributed by atoms with Crippen LogP contribution in [-0.4, -0.2) is 41.8 Å². The van der Waals surface area contributed by atoms with Crippen molar-refractivity contribution in [2.24, 2.45) is 0 Å². The first-order valence-electron chi connectivity index (χ1n) is 5.20. The minimum Gasteiger partial charge on any atom is -0.481 e. The van der Waals surface area contributed by atoms with E-state index in [1.165, 1.54) is 11.9 Å². The van der Waals surface area contributed by atoms with E-state index in [9.17, 15) is 4.79 Å². The van der Waals surface area contributed by atoms with Crippen LogP contribution in [0.15, 0.2) is 12.1 Å². The number of hydrogen-bond donors (Lipinski definition) is 1. The van der Waals surface area contributed by atoms with E-state index in [2.05, 4.69) is 4.98 Å². The minimum absolute atomic E-state index is 0.311. The zero-order valence-electron chi connectivity index (χ0n) is 9.71. The highest BCUT2D eigenvalue weighted by atomic mass is 16.5. The van der Waals surface area contributed by atoms with Crippen LogP contribution in [0.1, 0.15) is 17.3 Å². The van der Waals surface area contributed by atoms with Crippen molar-refractivity contribution in [1.29, 1.82) is 0 Å². The van der Waals surface area contributed by atoms with Crippen molar-refractivity contribution < 1.29 is 19.4 Å². The number of rotatable bonds is 2. The Morgan fingerprint density at radius 1 is 1.65 bits per heavy atom. The van der Waals surface area contributed by atoms with Crippen LogP contribution < -0.4 is 4.74 Å². The van der Waals surface area contributed by atoms with Crippen molar-refractivity contribution in [2.75, 3.05) is 20.8 Å². The molecule has 0 bridgehead atoms. The Bertz CT molecular complexity index is 435. The van der Waals surface area contributed by atoms with Gasteiger partial charge in [-0.3, -0.25) is 0 Å². The average Bonchev–Trinajstić information content (AvgIpc) is 2.36. The second-order valence-electron chi connectivity index (χ2n) is 3.81. The molecule has 1 aliphatic heterocycles. The summed E-state index contributed by atoms with van der Waals surface area (Å²) < 4.78 is 10.4. The third-order valence-electron chi connectivity index (χ3n) is 2.84. The van der Waals surface area contributed by atoms with Crippen molar-refractivity contribution in [1.82, 2.24) is 9.88 Å². The molecule has 17 heavy (non-hydrogen) atoms. The van der Waals surface area contributed by atoms with E-state index >= 15 is 0 Å². The van der Waals surface area contributed by atoms with Gasteiger partial charge in [-0.1, -0.05) is 0 Å². The third-order valence-corrected chi connectivity index (χ3v) is 2.84. The molecule has 0 aromatic carbocycles. The maximum Gasteiger partial charge on any atom is 0.407 e. The van der Waals surface area contributed by atoms with Crippen molar-refractivity contribution in [3.8, 4) is 5.88 Å². The highest BCUT2D eigenvalue weighted by Gasteiger charge is 2.28. The molecule has 1 aliphatic rings. The molecular formula is C11H14N2O4. The number of nitrogens with zero attached hydrogens (tertiary/aromatic N) is 2. The molecule has 0 radical (unpaired) electrons. The number of pyridine rings is 1. The Kier molecular flexibility index (Phi) is 3.14. The van der Waals surface area contributed by atoms with E-state index in [-0.39, 0.29) is 6.04 Å². The van der Waals surface area contributed by atoms with E-state index in [0.717, 1.165) is 11.3 Å². The molecule has 0 spiro atoms. The number of carbonyl (C=O) groups is 1. The average molecular weight is 238 g/mol. The van der Waals surface area contributed by atoms with Crippen LogP contribution >= 0.6 is 0 Å². The van der Waals surface area contributed by atoms with E-state index in [1.807, 2.05) is 6.07 Å². The standard InChI is InChI=1S/C11H14N2O4/c1-13(11(14)15)9-6-17-5-8-7(9)3-4-10(12-8)16-2/h3-4,9H,5-6H2,1-2H3,(H,14,15)/t9-/m0/s1. The third kappa shape index (κ3) is 2.16. The zero-order valence-corrected chi connectivity index (χ0v) is 9.71. The molecule has 0 unspecified atom stereocenters. The number of methoxy groups -OCH3 is 1. The monoisotopic (exact) mass is 238 g/mol. The Hall–Kier alpha value is -1.82. The maximum atomic E-state index is 11.0. The Balaban J connectivity index is 2.34. The molecule has 1 aromatic rings. The number of fused-ring (bicyclic) bond motifs is 1. The van der Waals surface area contributed by atoms with Gasteiger partial charge in [-0.2, -0.15) is 0 Å². The van der Waals surface area contributed by atoms with Gasteiger partial charge in [-0.05, 0) is 6.07 Å². The number of ether oxygens (including phenoxy) is 2. The SMILES string of the molecule is COc1ccc2c(n1)COC[C@@H]2N(C)C(=O)O. The molecule has 0 aliphatic carbocycles. The molecule has 6 nitrogen and oxygen atoms in total. The van der Waals surface area contributed by atoms with Crippen LogP contribution in [0.3, 0.4) is 0 Å². The Labute approximate surface area is 98.8 Å². The van der Waals surface area contributed by atoms with Gasteiger partial charge in [0.25, 0.3) is 0 Å². The summed E-state index contributed by atoms with van der Waals surface area (Å²) in [4.78, 5) is 16.4. The van der Waals surface area contributed by atoms with Crippen LogP contribution in [0.5, 0.6) is 5.88 Å². The molecule has 0 fully saturated rings. The van der Waals surface area contributed by atoms with Gasteiger partial charge in [-0.15, -0.1) is 0 Å². The largest absolute Gasteiger partial charge is 0.481 e. The van der Waals surface area contributed by atoms with Crippen LogP contribution in [0.4, 0.5) is 4.79 Å². The van der Waals surface area contributed by atoms with E-state index in [0.29, 0.717) is 19.1 Å². The van der Waals surface area contributed by atoms with Crippen LogP contribution in [-0.2, 0) is 11.3 Å². The summed E-state index contributed by atoms with van der Waals surface area (Å²) in [7, 11) is 3.06. The van der Waals surface area contributed by atoms with Gasteiger partial charge in [0, 0.05) is 18.7 Å². The molecule has 6 heteroatoms. The molecule has 92 valence electrons. The summed E-state index contributed by atoms with van der Waals surface area (Å²) in [6.45, 7) is 0.736. The topological polar surface area (TPSA) is 71.9 Å².